The van der Waals surface area contributed by atoms with Gasteiger partial charge in [0.2, 0.25) is 0 Å². The van der Waals surface area contributed by atoms with Crippen molar-refractivity contribution in [1.82, 2.24) is 4.57 Å². The first kappa shape index (κ1) is 20.1. The van der Waals surface area contributed by atoms with Gasteiger partial charge in [0.05, 0.1) is 16.3 Å². The summed E-state index contributed by atoms with van der Waals surface area (Å²) in [7, 11) is -2.69. The Morgan fingerprint density at radius 2 is 1.96 bits per heavy atom. The minimum Gasteiger partial charge on any atom is -0.365 e. The summed E-state index contributed by atoms with van der Waals surface area (Å²) in [5.41, 5.74) is 5.71. The maximum absolute atomic E-state index is 13.5. The van der Waals surface area contributed by atoms with Crippen molar-refractivity contribution >= 4 is 40.6 Å². The number of halogens is 3. The number of pyridine rings is 1. The average Bonchev–Trinajstić information content (AvgIpc) is 2.44. The van der Waals surface area contributed by atoms with Gasteiger partial charge in [0.15, 0.2) is 0 Å². The molecule has 1 aromatic heterocycles. The van der Waals surface area contributed by atoms with Crippen LogP contribution in [0.25, 0.3) is 0 Å². The van der Waals surface area contributed by atoms with Crippen molar-refractivity contribution in [2.45, 2.75) is 12.3 Å². The molecule has 0 aliphatic carbocycles. The van der Waals surface area contributed by atoms with Crippen LogP contribution >= 0.6 is 24.0 Å². The Balaban J connectivity index is 0.00000288. The first-order chi connectivity index (χ1) is 10.8. The van der Waals surface area contributed by atoms with Crippen LogP contribution in [0, 0.1) is 11.2 Å². The molecule has 130 valence electrons. The quantitative estimate of drug-likeness (QED) is 0.669. The fourth-order valence-electron chi connectivity index (χ4n) is 2.14. The monoisotopic (exact) mass is 393 g/mol. The van der Waals surface area contributed by atoms with E-state index in [1.54, 1.807) is 0 Å². The predicted octanol–water partition coefficient (Wildman–Crippen LogP) is 1.44. The lowest BCUT2D eigenvalue weighted by atomic mass is 10.1. The largest absolute Gasteiger partial charge is 0.365 e. The Kier molecular flexibility index (Phi) is 6.94. The van der Waals surface area contributed by atoms with E-state index in [9.17, 15) is 17.6 Å². The molecule has 1 aromatic carbocycles. The number of nitrogens with zero attached hydrogens (tertiary/aromatic N) is 1. The van der Waals surface area contributed by atoms with E-state index in [1.807, 2.05) is 0 Å². The van der Waals surface area contributed by atoms with E-state index in [0.717, 1.165) is 6.07 Å². The topological polar surface area (TPSA) is 106 Å². The molecule has 0 radical (unpaired) electrons. The van der Waals surface area contributed by atoms with Gasteiger partial charge in [-0.05, 0) is 29.3 Å². The summed E-state index contributed by atoms with van der Waals surface area (Å²) in [5.74, 6) is -1.59. The number of amides is 1. The molecule has 0 saturated heterocycles. The zero-order chi connectivity index (χ0) is 17.1. The number of hydrogen-bond donors (Lipinski definition) is 3. The van der Waals surface area contributed by atoms with Crippen LogP contribution in [-0.2, 0) is 23.0 Å². The molecule has 2 aromatic rings. The van der Waals surface area contributed by atoms with Crippen LogP contribution in [0.4, 0.5) is 4.39 Å². The van der Waals surface area contributed by atoms with Gasteiger partial charge >= 0.3 is 0 Å². The second-order valence-corrected chi connectivity index (χ2v) is 6.23. The van der Waals surface area contributed by atoms with Crippen LogP contribution in [0.15, 0.2) is 30.5 Å². The molecule has 0 atom stereocenters. The third-order valence-electron chi connectivity index (χ3n) is 3.18. The number of hydrogen-bond acceptors (Lipinski definition) is 4. The molecular weight excluding hydrogens is 380 g/mol. The summed E-state index contributed by atoms with van der Waals surface area (Å²) in [5, 5.41) is 8.16. The van der Waals surface area contributed by atoms with Crippen molar-refractivity contribution in [3.63, 3.8) is 0 Å². The van der Waals surface area contributed by atoms with E-state index in [4.69, 9.17) is 22.7 Å². The molecule has 24 heavy (non-hydrogen) atoms. The highest BCUT2D eigenvalue weighted by atomic mass is 35.5. The van der Waals surface area contributed by atoms with Crippen LogP contribution in [0.3, 0.4) is 0 Å². The van der Waals surface area contributed by atoms with E-state index in [2.05, 4.69) is 0 Å². The molecule has 0 saturated carbocycles. The van der Waals surface area contributed by atoms with Crippen molar-refractivity contribution < 1.29 is 17.6 Å². The summed E-state index contributed by atoms with van der Waals surface area (Å²) in [6.07, 6.45) is 1.39. The summed E-state index contributed by atoms with van der Waals surface area (Å²) >= 11 is 5.90. The number of nitrogens with one attached hydrogen (secondary N) is 1. The molecule has 0 unspecified atom stereocenters. The van der Waals surface area contributed by atoms with Gasteiger partial charge in [0, 0.05) is 12.7 Å². The lowest BCUT2D eigenvalue weighted by Crippen LogP contribution is -2.30. The number of primary amides is 1. The molecule has 1 amide bonds. The number of rotatable bonds is 5. The van der Waals surface area contributed by atoms with E-state index < -0.39 is 22.4 Å². The number of carbonyl (C=O) groups is 1. The smallest absolute Gasteiger partial charge is 0.252 e. The summed E-state index contributed by atoms with van der Waals surface area (Å²) in [6, 6.07) is 4.99. The van der Waals surface area contributed by atoms with Crippen molar-refractivity contribution in [3.05, 3.63) is 63.5 Å². The summed E-state index contributed by atoms with van der Waals surface area (Å²) < 4.78 is 36.7. The van der Waals surface area contributed by atoms with Crippen molar-refractivity contribution in [1.29, 1.82) is 5.41 Å². The Hall–Kier alpha value is -1.90. The molecule has 0 spiro atoms. The van der Waals surface area contributed by atoms with Gasteiger partial charge in [0.1, 0.15) is 22.0 Å². The predicted molar refractivity (Wildman–Crippen MR) is 90.6 cm³/mol. The lowest BCUT2D eigenvalue weighted by Gasteiger charge is -2.13. The number of aromatic nitrogens is 1. The zero-order valence-corrected chi connectivity index (χ0v) is 14.6. The number of benzene rings is 1. The molecule has 2 rings (SSSR count). The summed E-state index contributed by atoms with van der Waals surface area (Å²) in [4.78, 5) is 11.3. The zero-order valence-electron chi connectivity index (χ0n) is 12.2. The molecule has 1 heterocycles. The van der Waals surface area contributed by atoms with Gasteiger partial charge in [-0.1, -0.05) is 17.7 Å². The minimum atomic E-state index is -2.69. The van der Waals surface area contributed by atoms with Crippen LogP contribution in [0.2, 0.25) is 5.02 Å². The first-order valence-corrected chi connectivity index (χ1v) is 8.15. The van der Waals surface area contributed by atoms with Gasteiger partial charge in [-0.15, -0.1) is 12.4 Å². The van der Waals surface area contributed by atoms with Gasteiger partial charge in [0.25, 0.3) is 5.91 Å². The molecule has 0 aliphatic rings. The first-order valence-electron chi connectivity index (χ1n) is 6.41. The molecule has 0 fully saturated rings. The van der Waals surface area contributed by atoms with Gasteiger partial charge in [-0.2, -0.15) is 0 Å². The average molecular weight is 394 g/mol. The minimum absolute atomic E-state index is 0. The van der Waals surface area contributed by atoms with Crippen molar-refractivity contribution in [2.75, 3.05) is 0 Å². The normalized spacial score (nSPS) is 10.5. The molecule has 0 aliphatic heterocycles. The van der Waals surface area contributed by atoms with E-state index >= 15 is 0 Å². The van der Waals surface area contributed by atoms with E-state index in [0.29, 0.717) is 11.1 Å². The Morgan fingerprint density at radius 3 is 2.54 bits per heavy atom. The molecule has 3 N–H and O–H groups in total. The third kappa shape index (κ3) is 4.80. The van der Waals surface area contributed by atoms with E-state index in [-0.39, 0.29) is 40.8 Å². The molecular formula is C14H14Cl2FN3O3S. The summed E-state index contributed by atoms with van der Waals surface area (Å²) in [6.45, 7) is -0.0179. The third-order valence-corrected chi connectivity index (χ3v) is 3.98. The molecule has 0 bridgehead atoms. The number of thiol groups is 1. The Morgan fingerprint density at radius 1 is 1.29 bits per heavy atom. The van der Waals surface area contributed by atoms with Crippen molar-refractivity contribution in [3.8, 4) is 0 Å². The van der Waals surface area contributed by atoms with Gasteiger partial charge in [-0.25, -0.2) is 12.8 Å². The highest BCUT2D eigenvalue weighted by Gasteiger charge is 2.11. The van der Waals surface area contributed by atoms with E-state index in [1.165, 1.54) is 29.0 Å². The van der Waals surface area contributed by atoms with Crippen LogP contribution in [-0.4, -0.2) is 18.9 Å². The molecule has 10 heteroatoms. The number of nitrogens with two attached hydrogens (primary N) is 1. The standard InChI is InChI=1S/C14H13ClFN3O3S.ClH/c15-10-4-12(14(18)20)13(17)19(6-10)5-9-3-11(16)2-1-8(9)7-23(21)22;/h1-4,6,17,23H,5,7H2,(H2,18,20);1H. The highest BCUT2D eigenvalue weighted by Crippen LogP contribution is 2.15. The Labute approximate surface area is 149 Å². The lowest BCUT2D eigenvalue weighted by molar-refractivity contribution is 0.0997. The van der Waals surface area contributed by atoms with Crippen LogP contribution < -0.4 is 11.2 Å². The van der Waals surface area contributed by atoms with Gasteiger partial charge < -0.3 is 10.3 Å². The molecule has 6 nitrogen and oxygen atoms in total. The Bertz CT molecular complexity index is 905. The number of carbonyl (C=O) groups excluding carboxylic acids is 1. The second kappa shape index (κ2) is 8.27. The van der Waals surface area contributed by atoms with Crippen molar-refractivity contribution in [2.24, 2.45) is 5.73 Å². The fraction of sp³-hybridized carbons (Fsp3) is 0.143. The maximum Gasteiger partial charge on any atom is 0.252 e. The second-order valence-electron chi connectivity index (χ2n) is 4.82. The van der Waals surface area contributed by atoms with Crippen LogP contribution in [0.5, 0.6) is 0 Å². The van der Waals surface area contributed by atoms with Gasteiger partial charge in [-0.3, -0.25) is 10.2 Å². The SMILES string of the molecule is Cl.N=c1c(C(N)=O)cc(Cl)cn1Cc1cc(F)ccc1C[SH](=O)=O. The maximum atomic E-state index is 13.5. The highest BCUT2D eigenvalue weighted by molar-refractivity contribution is 7.71. The fourth-order valence-corrected chi connectivity index (χ4v) is 2.96. The van der Waals surface area contributed by atoms with Crippen LogP contribution in [0.1, 0.15) is 21.5 Å².